The Balaban J connectivity index is 1.60. The van der Waals surface area contributed by atoms with E-state index < -0.39 is 0 Å². The van der Waals surface area contributed by atoms with Gasteiger partial charge in [0.1, 0.15) is 0 Å². The van der Waals surface area contributed by atoms with E-state index >= 15 is 0 Å². The number of nitrogens with one attached hydrogen (secondary N) is 1. The van der Waals surface area contributed by atoms with Gasteiger partial charge in [0.05, 0.1) is 12.9 Å². The molecule has 26 heavy (non-hydrogen) atoms. The fourth-order valence-electron chi connectivity index (χ4n) is 3.75. The molecule has 1 aromatic carbocycles. The highest BCUT2D eigenvalue weighted by atomic mass is 35.5. The number of rotatable bonds is 5. The van der Waals surface area contributed by atoms with Gasteiger partial charge in [-0.05, 0) is 54.9 Å². The predicted molar refractivity (Wildman–Crippen MR) is 104 cm³/mol. The van der Waals surface area contributed by atoms with Crippen LogP contribution in [0, 0.1) is 4.77 Å². The van der Waals surface area contributed by atoms with Crippen LogP contribution in [0.3, 0.4) is 0 Å². The summed E-state index contributed by atoms with van der Waals surface area (Å²) in [5.41, 5.74) is 1.22. The Kier molecular flexibility index (Phi) is 4.73. The van der Waals surface area contributed by atoms with E-state index in [4.69, 9.17) is 28.2 Å². The number of halogens is 1. The summed E-state index contributed by atoms with van der Waals surface area (Å²) in [6.07, 6.45) is 6.26. The van der Waals surface area contributed by atoms with Crippen molar-refractivity contribution in [3.8, 4) is 11.6 Å². The molecule has 0 spiro atoms. The number of aromatic nitrogens is 3. The van der Waals surface area contributed by atoms with Crippen LogP contribution in [0.5, 0.6) is 0 Å². The number of benzene rings is 1. The third-order valence-corrected chi connectivity index (χ3v) is 5.94. The van der Waals surface area contributed by atoms with Crippen molar-refractivity contribution >= 4 is 23.8 Å². The summed E-state index contributed by atoms with van der Waals surface area (Å²) in [6, 6.07) is 11.9. The van der Waals surface area contributed by atoms with Crippen LogP contribution in [0.15, 0.2) is 47.1 Å². The van der Waals surface area contributed by atoms with Crippen molar-refractivity contribution in [3.63, 3.8) is 0 Å². The van der Waals surface area contributed by atoms with E-state index in [-0.39, 0.29) is 5.54 Å². The van der Waals surface area contributed by atoms with Crippen molar-refractivity contribution < 1.29 is 4.42 Å². The highest BCUT2D eigenvalue weighted by molar-refractivity contribution is 7.71. The predicted octanol–water partition coefficient (Wildman–Crippen LogP) is 4.88. The third-order valence-electron chi connectivity index (χ3n) is 5.20. The lowest BCUT2D eigenvalue weighted by atomic mass is 9.88. The monoisotopic (exact) mass is 388 g/mol. The summed E-state index contributed by atoms with van der Waals surface area (Å²) in [4.78, 5) is 0. The van der Waals surface area contributed by atoms with Crippen molar-refractivity contribution in [2.45, 2.75) is 37.9 Å². The van der Waals surface area contributed by atoms with Crippen LogP contribution in [0.2, 0.25) is 5.02 Å². The van der Waals surface area contributed by atoms with E-state index in [0.717, 1.165) is 23.7 Å². The van der Waals surface area contributed by atoms with Crippen molar-refractivity contribution in [1.82, 2.24) is 19.7 Å². The highest BCUT2D eigenvalue weighted by Crippen LogP contribution is 2.39. The first-order valence-electron chi connectivity index (χ1n) is 8.78. The van der Waals surface area contributed by atoms with Gasteiger partial charge in [-0.2, -0.15) is 0 Å². The molecular formula is C19H21ClN4OS. The fourth-order valence-corrected chi connectivity index (χ4v) is 4.07. The maximum atomic E-state index is 6.07. The maximum absolute atomic E-state index is 6.07. The number of nitrogens with zero attached hydrogens (tertiary/aromatic N) is 3. The molecule has 2 heterocycles. The Morgan fingerprint density at radius 1 is 1.23 bits per heavy atom. The summed E-state index contributed by atoms with van der Waals surface area (Å²) >= 11 is 11.6. The smallest absolute Gasteiger partial charge is 0.199 e. The first-order valence-corrected chi connectivity index (χ1v) is 9.56. The zero-order valence-corrected chi connectivity index (χ0v) is 16.2. The standard InChI is InChI=1S/C19H21ClN4OS/c1-23-17(16-5-4-12-25-16)22-24(18(23)26)13-21-19(10-2-3-11-19)14-6-8-15(20)9-7-14/h4-9,12,21H,2-3,10-11,13H2,1H3. The van der Waals surface area contributed by atoms with E-state index in [1.807, 2.05) is 40.6 Å². The first kappa shape index (κ1) is 17.5. The minimum Gasteiger partial charge on any atom is -0.461 e. The second kappa shape index (κ2) is 7.02. The Labute approximate surface area is 162 Å². The minimum absolute atomic E-state index is 0.0538. The quantitative estimate of drug-likeness (QED) is 0.633. The van der Waals surface area contributed by atoms with Gasteiger partial charge in [-0.1, -0.05) is 36.6 Å². The van der Waals surface area contributed by atoms with Gasteiger partial charge in [0, 0.05) is 17.6 Å². The van der Waals surface area contributed by atoms with Gasteiger partial charge in [-0.25, -0.2) is 4.68 Å². The Bertz CT molecular complexity index is 937. The van der Waals surface area contributed by atoms with Crippen LogP contribution in [0.25, 0.3) is 11.6 Å². The lowest BCUT2D eigenvalue weighted by Crippen LogP contribution is -2.41. The summed E-state index contributed by atoms with van der Waals surface area (Å²) in [6.45, 7) is 0.552. The largest absolute Gasteiger partial charge is 0.461 e. The molecule has 1 aliphatic rings. The van der Waals surface area contributed by atoms with E-state index in [0.29, 0.717) is 17.2 Å². The van der Waals surface area contributed by atoms with Gasteiger partial charge >= 0.3 is 0 Å². The van der Waals surface area contributed by atoms with E-state index in [9.17, 15) is 0 Å². The molecule has 0 atom stereocenters. The molecule has 1 N–H and O–H groups in total. The maximum Gasteiger partial charge on any atom is 0.199 e. The lowest BCUT2D eigenvalue weighted by Gasteiger charge is -2.31. The molecule has 4 rings (SSSR count). The van der Waals surface area contributed by atoms with Crippen LogP contribution < -0.4 is 5.32 Å². The van der Waals surface area contributed by atoms with Crippen LogP contribution in [0.1, 0.15) is 31.2 Å². The van der Waals surface area contributed by atoms with Crippen LogP contribution in [0.4, 0.5) is 0 Å². The van der Waals surface area contributed by atoms with Gasteiger partial charge in [0.2, 0.25) is 0 Å². The highest BCUT2D eigenvalue weighted by Gasteiger charge is 2.35. The molecule has 0 amide bonds. The van der Waals surface area contributed by atoms with E-state index in [2.05, 4.69) is 22.5 Å². The third kappa shape index (κ3) is 3.13. The normalized spacial score (nSPS) is 16.2. The molecular weight excluding hydrogens is 368 g/mol. The zero-order valence-electron chi connectivity index (χ0n) is 14.6. The number of furan rings is 1. The topological polar surface area (TPSA) is 47.9 Å². The molecule has 0 bridgehead atoms. The molecule has 0 aliphatic heterocycles. The molecule has 5 nitrogen and oxygen atoms in total. The molecule has 136 valence electrons. The molecule has 7 heteroatoms. The van der Waals surface area contributed by atoms with Crippen molar-refractivity contribution in [2.24, 2.45) is 7.05 Å². The van der Waals surface area contributed by atoms with Gasteiger partial charge < -0.3 is 8.98 Å². The Morgan fingerprint density at radius 2 is 1.96 bits per heavy atom. The SMILES string of the molecule is Cn1c(-c2ccco2)nn(CNC2(c3ccc(Cl)cc3)CCCC2)c1=S. The van der Waals surface area contributed by atoms with Crippen molar-refractivity contribution in [3.05, 3.63) is 58.0 Å². The molecule has 0 radical (unpaired) electrons. The van der Waals surface area contributed by atoms with Crippen LogP contribution >= 0.6 is 23.8 Å². The minimum atomic E-state index is -0.0538. The lowest BCUT2D eigenvalue weighted by molar-refractivity contribution is 0.297. The molecule has 2 aromatic heterocycles. The van der Waals surface area contributed by atoms with Crippen LogP contribution in [-0.2, 0) is 19.3 Å². The molecule has 1 aliphatic carbocycles. The zero-order chi connectivity index (χ0) is 18.1. The fraction of sp³-hybridized carbons (Fsp3) is 0.368. The number of hydrogen-bond donors (Lipinski definition) is 1. The molecule has 1 saturated carbocycles. The summed E-state index contributed by atoms with van der Waals surface area (Å²) in [5, 5.41) is 9.13. The Hall–Kier alpha value is -1.89. The molecule has 0 unspecified atom stereocenters. The number of hydrogen-bond acceptors (Lipinski definition) is 4. The second-order valence-corrected chi connectivity index (χ2v) is 7.57. The van der Waals surface area contributed by atoms with Crippen molar-refractivity contribution in [2.75, 3.05) is 0 Å². The average Bonchev–Trinajstić information content (AvgIpc) is 3.38. The van der Waals surface area contributed by atoms with E-state index in [1.165, 1.54) is 18.4 Å². The van der Waals surface area contributed by atoms with Gasteiger partial charge in [-0.3, -0.25) is 5.32 Å². The molecule has 3 aromatic rings. The average molecular weight is 389 g/mol. The second-order valence-electron chi connectivity index (χ2n) is 6.77. The molecule has 1 fully saturated rings. The molecule has 0 saturated heterocycles. The summed E-state index contributed by atoms with van der Waals surface area (Å²) < 4.78 is 9.83. The Morgan fingerprint density at radius 3 is 2.62 bits per heavy atom. The van der Waals surface area contributed by atoms with Gasteiger partial charge in [0.15, 0.2) is 16.4 Å². The van der Waals surface area contributed by atoms with Gasteiger partial charge in [-0.15, -0.1) is 5.10 Å². The first-order chi connectivity index (χ1) is 12.6. The van der Waals surface area contributed by atoms with Crippen LogP contribution in [-0.4, -0.2) is 14.3 Å². The van der Waals surface area contributed by atoms with Gasteiger partial charge in [0.25, 0.3) is 0 Å². The van der Waals surface area contributed by atoms with Crippen molar-refractivity contribution in [1.29, 1.82) is 0 Å². The summed E-state index contributed by atoms with van der Waals surface area (Å²) in [5.74, 6) is 1.44. The van der Waals surface area contributed by atoms with E-state index in [1.54, 1.807) is 6.26 Å². The summed E-state index contributed by atoms with van der Waals surface area (Å²) in [7, 11) is 1.91.